The molecule has 1 aromatic rings. The molecule has 100 valence electrons. The first-order chi connectivity index (χ1) is 8.51. The predicted octanol–water partition coefficient (Wildman–Crippen LogP) is 1.34. The highest BCUT2D eigenvalue weighted by Gasteiger charge is 2.13. The summed E-state index contributed by atoms with van der Waals surface area (Å²) in [6, 6.07) is 0. The Labute approximate surface area is 106 Å². The number of carboxylic acids is 1. The Kier molecular flexibility index (Phi) is 5.51. The second kappa shape index (κ2) is 6.90. The summed E-state index contributed by atoms with van der Waals surface area (Å²) in [5.41, 5.74) is 0. The molecule has 0 atom stereocenters. The predicted molar refractivity (Wildman–Crippen MR) is 65.9 cm³/mol. The van der Waals surface area contributed by atoms with Crippen LogP contribution in [0.5, 0.6) is 0 Å². The summed E-state index contributed by atoms with van der Waals surface area (Å²) in [4.78, 5) is 16.6. The van der Waals surface area contributed by atoms with Crippen molar-refractivity contribution in [3.8, 4) is 0 Å². The first-order valence-corrected chi connectivity index (χ1v) is 5.87. The highest BCUT2D eigenvalue weighted by atomic mass is 16.5. The van der Waals surface area contributed by atoms with Gasteiger partial charge in [-0.05, 0) is 5.92 Å². The number of carbonyl (C=O) groups is 1. The third kappa shape index (κ3) is 5.09. The maximum atomic E-state index is 10.7. The lowest BCUT2D eigenvalue weighted by Gasteiger charge is -2.15. The van der Waals surface area contributed by atoms with Crippen molar-refractivity contribution in [1.82, 2.24) is 15.0 Å². The van der Waals surface area contributed by atoms with E-state index in [1.54, 1.807) is 11.0 Å². The molecule has 0 amide bonds. The molecule has 0 unspecified atom stereocenters. The van der Waals surface area contributed by atoms with Crippen LogP contribution in [-0.2, 0) is 17.8 Å². The number of aliphatic carboxylic acids is 1. The summed E-state index contributed by atoms with van der Waals surface area (Å²) < 4.78 is 5.10. The smallest absolute Gasteiger partial charge is 0.317 e. The van der Waals surface area contributed by atoms with Gasteiger partial charge in [-0.15, -0.1) is 6.58 Å². The van der Waals surface area contributed by atoms with Gasteiger partial charge in [-0.2, -0.15) is 4.98 Å². The molecule has 6 nitrogen and oxygen atoms in total. The lowest BCUT2D eigenvalue weighted by Crippen LogP contribution is -2.29. The summed E-state index contributed by atoms with van der Waals surface area (Å²) >= 11 is 0. The third-order valence-corrected chi connectivity index (χ3v) is 2.20. The fourth-order valence-electron chi connectivity index (χ4n) is 1.55. The molecule has 6 heteroatoms. The Balaban J connectivity index is 2.59. The molecule has 0 saturated heterocycles. The standard InChI is InChI=1S/C12H19N3O3/c1-4-5-15(8-12(16)17)7-10-13-11(18-14-10)6-9(2)3/h4,9H,1,5-8H2,2-3H3,(H,16,17). The highest BCUT2D eigenvalue weighted by Crippen LogP contribution is 2.07. The second-order valence-electron chi connectivity index (χ2n) is 4.55. The zero-order valence-corrected chi connectivity index (χ0v) is 10.8. The Morgan fingerprint density at radius 3 is 2.89 bits per heavy atom. The van der Waals surface area contributed by atoms with Crippen LogP contribution in [0.25, 0.3) is 0 Å². The van der Waals surface area contributed by atoms with Gasteiger partial charge in [0.15, 0.2) is 5.82 Å². The Morgan fingerprint density at radius 2 is 2.33 bits per heavy atom. The monoisotopic (exact) mass is 253 g/mol. The zero-order chi connectivity index (χ0) is 13.5. The van der Waals surface area contributed by atoms with Gasteiger partial charge in [-0.3, -0.25) is 9.69 Å². The largest absolute Gasteiger partial charge is 0.480 e. The van der Waals surface area contributed by atoms with Crippen LogP contribution in [0.4, 0.5) is 0 Å². The van der Waals surface area contributed by atoms with Gasteiger partial charge in [0.2, 0.25) is 5.89 Å². The van der Waals surface area contributed by atoms with Crippen LogP contribution in [0.15, 0.2) is 17.2 Å². The molecule has 18 heavy (non-hydrogen) atoms. The lowest BCUT2D eigenvalue weighted by molar-refractivity contribution is -0.138. The number of rotatable bonds is 8. The van der Waals surface area contributed by atoms with Gasteiger partial charge in [-0.1, -0.05) is 25.1 Å². The van der Waals surface area contributed by atoms with E-state index in [-0.39, 0.29) is 6.54 Å². The fourth-order valence-corrected chi connectivity index (χ4v) is 1.55. The van der Waals surface area contributed by atoms with Crippen LogP contribution in [0.2, 0.25) is 0 Å². The van der Waals surface area contributed by atoms with Gasteiger partial charge < -0.3 is 9.63 Å². The molecule has 1 N–H and O–H groups in total. The minimum atomic E-state index is -0.886. The molecule has 1 aromatic heterocycles. The van der Waals surface area contributed by atoms with Crippen molar-refractivity contribution in [1.29, 1.82) is 0 Å². The van der Waals surface area contributed by atoms with Crippen LogP contribution in [0.3, 0.4) is 0 Å². The molecular weight excluding hydrogens is 234 g/mol. The van der Waals surface area contributed by atoms with E-state index in [2.05, 4.69) is 30.6 Å². The average molecular weight is 253 g/mol. The van der Waals surface area contributed by atoms with Gasteiger partial charge in [0.25, 0.3) is 0 Å². The van der Waals surface area contributed by atoms with E-state index in [0.717, 1.165) is 6.42 Å². The lowest BCUT2D eigenvalue weighted by atomic mass is 10.1. The molecule has 0 fully saturated rings. The number of aromatic nitrogens is 2. The molecule has 0 spiro atoms. The van der Waals surface area contributed by atoms with E-state index < -0.39 is 5.97 Å². The van der Waals surface area contributed by atoms with Crippen molar-refractivity contribution in [3.05, 3.63) is 24.4 Å². The van der Waals surface area contributed by atoms with Crippen LogP contribution >= 0.6 is 0 Å². The first kappa shape index (κ1) is 14.4. The molecule has 0 radical (unpaired) electrons. The van der Waals surface area contributed by atoms with Crippen LogP contribution in [0, 0.1) is 5.92 Å². The van der Waals surface area contributed by atoms with Crippen molar-refractivity contribution >= 4 is 5.97 Å². The average Bonchev–Trinajstić information content (AvgIpc) is 2.63. The zero-order valence-electron chi connectivity index (χ0n) is 10.8. The topological polar surface area (TPSA) is 79.5 Å². The minimum Gasteiger partial charge on any atom is -0.480 e. The molecule has 1 heterocycles. The summed E-state index contributed by atoms with van der Waals surface area (Å²) in [6.45, 7) is 8.48. The second-order valence-corrected chi connectivity index (χ2v) is 4.55. The van der Waals surface area contributed by atoms with E-state index in [4.69, 9.17) is 9.63 Å². The number of hydrogen-bond donors (Lipinski definition) is 1. The summed E-state index contributed by atoms with van der Waals surface area (Å²) in [5.74, 6) is 0.659. The van der Waals surface area contributed by atoms with E-state index in [0.29, 0.717) is 30.7 Å². The van der Waals surface area contributed by atoms with Gasteiger partial charge in [0, 0.05) is 13.0 Å². The molecule has 0 aliphatic carbocycles. The Bertz CT molecular complexity index is 401. The van der Waals surface area contributed by atoms with E-state index in [9.17, 15) is 4.79 Å². The number of nitrogens with zero attached hydrogens (tertiary/aromatic N) is 3. The van der Waals surface area contributed by atoms with Crippen molar-refractivity contribution in [2.75, 3.05) is 13.1 Å². The maximum Gasteiger partial charge on any atom is 0.317 e. The van der Waals surface area contributed by atoms with Crippen molar-refractivity contribution in [2.24, 2.45) is 5.92 Å². The van der Waals surface area contributed by atoms with Gasteiger partial charge in [0.1, 0.15) is 0 Å². The molecule has 0 aliphatic rings. The van der Waals surface area contributed by atoms with Crippen molar-refractivity contribution < 1.29 is 14.4 Å². The van der Waals surface area contributed by atoms with Crippen molar-refractivity contribution in [2.45, 2.75) is 26.8 Å². The van der Waals surface area contributed by atoms with Gasteiger partial charge in [-0.25, -0.2) is 0 Å². The van der Waals surface area contributed by atoms with Gasteiger partial charge >= 0.3 is 5.97 Å². The normalized spacial score (nSPS) is 11.1. The van der Waals surface area contributed by atoms with Crippen LogP contribution in [0.1, 0.15) is 25.6 Å². The first-order valence-electron chi connectivity index (χ1n) is 5.87. The summed E-state index contributed by atoms with van der Waals surface area (Å²) in [5, 5.41) is 12.6. The van der Waals surface area contributed by atoms with Gasteiger partial charge in [0.05, 0.1) is 13.1 Å². The van der Waals surface area contributed by atoms with Crippen molar-refractivity contribution in [3.63, 3.8) is 0 Å². The third-order valence-electron chi connectivity index (χ3n) is 2.20. The molecule has 0 aromatic carbocycles. The summed E-state index contributed by atoms with van der Waals surface area (Å²) in [7, 11) is 0. The SMILES string of the molecule is C=CCN(CC(=O)O)Cc1noc(CC(C)C)n1. The summed E-state index contributed by atoms with van der Waals surface area (Å²) in [6.07, 6.45) is 2.38. The molecule has 0 aliphatic heterocycles. The van der Waals surface area contributed by atoms with E-state index in [1.165, 1.54) is 0 Å². The molecule has 0 bridgehead atoms. The van der Waals surface area contributed by atoms with Crippen LogP contribution in [-0.4, -0.2) is 39.2 Å². The Morgan fingerprint density at radius 1 is 1.61 bits per heavy atom. The molecular formula is C12H19N3O3. The van der Waals surface area contributed by atoms with E-state index in [1.807, 2.05) is 0 Å². The Hall–Kier alpha value is -1.69. The highest BCUT2D eigenvalue weighted by molar-refractivity contribution is 5.69. The van der Waals surface area contributed by atoms with E-state index >= 15 is 0 Å². The quantitative estimate of drug-likeness (QED) is 0.704. The number of hydrogen-bond acceptors (Lipinski definition) is 5. The maximum absolute atomic E-state index is 10.7. The fraction of sp³-hybridized carbons (Fsp3) is 0.583. The molecule has 0 saturated carbocycles. The van der Waals surface area contributed by atoms with Crippen LogP contribution < -0.4 is 0 Å². The minimum absolute atomic E-state index is 0.0694. The molecule has 1 rings (SSSR count). The number of carboxylic acid groups (broad SMARTS) is 1.